The maximum atomic E-state index is 12.4. The summed E-state index contributed by atoms with van der Waals surface area (Å²) in [6.07, 6.45) is 0.767. The summed E-state index contributed by atoms with van der Waals surface area (Å²) in [7, 11) is 0. The fourth-order valence-electron chi connectivity index (χ4n) is 2.68. The molecule has 0 radical (unpaired) electrons. The molecule has 2 heterocycles. The smallest absolute Gasteiger partial charge is 0.410 e. The van der Waals surface area contributed by atoms with Gasteiger partial charge in [-0.2, -0.15) is 0 Å². The van der Waals surface area contributed by atoms with Gasteiger partial charge < -0.3 is 9.47 Å². The second-order valence-electron chi connectivity index (χ2n) is 6.52. The molecule has 1 unspecified atom stereocenters. The first-order valence-electron chi connectivity index (χ1n) is 7.12. The van der Waals surface area contributed by atoms with Crippen LogP contribution in [-0.2, 0) is 22.4 Å². The molecule has 1 aromatic carbocycles. The van der Waals surface area contributed by atoms with Gasteiger partial charge in [-0.05, 0) is 38.3 Å². The van der Waals surface area contributed by atoms with Crippen LogP contribution in [0.3, 0.4) is 0 Å². The van der Waals surface area contributed by atoms with E-state index in [0.29, 0.717) is 6.54 Å². The molecule has 4 nitrogen and oxygen atoms in total. The van der Waals surface area contributed by atoms with Crippen molar-refractivity contribution < 1.29 is 14.3 Å². The average molecular weight is 275 g/mol. The Kier molecular flexibility index (Phi) is 3.21. The normalized spacial score (nSPS) is 25.1. The predicted octanol–water partition coefficient (Wildman–Crippen LogP) is 2.75. The summed E-state index contributed by atoms with van der Waals surface area (Å²) in [6.45, 7) is 7.03. The maximum absolute atomic E-state index is 12.4. The van der Waals surface area contributed by atoms with Crippen LogP contribution >= 0.6 is 0 Å². The third-order valence-electron chi connectivity index (χ3n) is 3.70. The monoisotopic (exact) mass is 275 g/mol. The van der Waals surface area contributed by atoms with Gasteiger partial charge in [-0.25, -0.2) is 4.79 Å². The van der Waals surface area contributed by atoms with Crippen molar-refractivity contribution in [3.8, 4) is 0 Å². The van der Waals surface area contributed by atoms with Gasteiger partial charge in [0, 0.05) is 6.54 Å². The predicted molar refractivity (Wildman–Crippen MR) is 75.5 cm³/mol. The molecule has 4 heteroatoms. The maximum Gasteiger partial charge on any atom is 0.410 e. The van der Waals surface area contributed by atoms with E-state index in [1.165, 1.54) is 11.1 Å². The summed E-state index contributed by atoms with van der Waals surface area (Å²) in [6, 6.07) is 8.38. The van der Waals surface area contributed by atoms with Crippen LogP contribution in [0.25, 0.3) is 0 Å². The summed E-state index contributed by atoms with van der Waals surface area (Å²) in [5, 5.41) is 0. The molecule has 108 valence electrons. The number of hydrogen-bond acceptors (Lipinski definition) is 3. The van der Waals surface area contributed by atoms with Crippen molar-refractivity contribution in [3.63, 3.8) is 0 Å². The van der Waals surface area contributed by atoms with Crippen molar-refractivity contribution in [2.45, 2.75) is 51.5 Å². The second-order valence-corrected chi connectivity index (χ2v) is 6.52. The highest BCUT2D eigenvalue weighted by Crippen LogP contribution is 2.31. The van der Waals surface area contributed by atoms with Crippen molar-refractivity contribution in [2.24, 2.45) is 0 Å². The van der Waals surface area contributed by atoms with Crippen molar-refractivity contribution in [1.29, 1.82) is 0 Å². The number of carbonyl (C=O) groups excluding carboxylic acids is 1. The first kappa shape index (κ1) is 13.4. The van der Waals surface area contributed by atoms with Crippen LogP contribution in [-0.4, -0.2) is 35.3 Å². The Morgan fingerprint density at radius 1 is 1.30 bits per heavy atom. The number of carbonyl (C=O) groups is 1. The Hall–Kier alpha value is -1.55. The Morgan fingerprint density at radius 3 is 2.55 bits per heavy atom. The van der Waals surface area contributed by atoms with Crippen LogP contribution in [0.4, 0.5) is 4.79 Å². The average Bonchev–Trinajstić information content (AvgIpc) is 3.19. The summed E-state index contributed by atoms with van der Waals surface area (Å²) in [5.41, 5.74) is 2.05. The number of epoxide rings is 1. The van der Waals surface area contributed by atoms with Crippen LogP contribution < -0.4 is 0 Å². The molecule has 0 saturated carbocycles. The van der Waals surface area contributed by atoms with Gasteiger partial charge in [0.15, 0.2) is 0 Å². The standard InChI is InChI=1S/C16H21NO3/c1-16(2,3)20-15(18)17-9-12-7-5-4-6-11(12)8-13(17)14-10-19-14/h4-7,13-14H,8-10H2,1-3H3/t13?,14-/m1/s1. The third-order valence-corrected chi connectivity index (χ3v) is 3.70. The number of rotatable bonds is 1. The Morgan fingerprint density at radius 2 is 1.95 bits per heavy atom. The summed E-state index contributed by atoms with van der Waals surface area (Å²) in [5.74, 6) is 0. The van der Waals surface area contributed by atoms with Gasteiger partial charge in [0.1, 0.15) is 11.7 Å². The molecule has 2 aliphatic rings. The Balaban J connectivity index is 1.83. The molecule has 0 aliphatic carbocycles. The minimum absolute atomic E-state index is 0.0970. The Bertz CT molecular complexity index is 517. The molecule has 1 amide bonds. The molecular formula is C16H21NO3. The van der Waals surface area contributed by atoms with Crippen molar-refractivity contribution in [2.75, 3.05) is 6.61 Å². The lowest BCUT2D eigenvalue weighted by molar-refractivity contribution is 0.00863. The van der Waals surface area contributed by atoms with E-state index in [1.807, 2.05) is 37.8 Å². The van der Waals surface area contributed by atoms with Gasteiger partial charge in [-0.1, -0.05) is 24.3 Å². The van der Waals surface area contributed by atoms with E-state index in [2.05, 4.69) is 12.1 Å². The Labute approximate surface area is 119 Å². The van der Waals surface area contributed by atoms with E-state index >= 15 is 0 Å². The van der Waals surface area contributed by atoms with Gasteiger partial charge >= 0.3 is 6.09 Å². The van der Waals surface area contributed by atoms with Crippen molar-refractivity contribution in [1.82, 2.24) is 4.90 Å². The summed E-state index contributed by atoms with van der Waals surface area (Å²) < 4.78 is 11.0. The SMILES string of the molecule is CC(C)(C)OC(=O)N1Cc2ccccc2CC1[C@H]1CO1. The highest BCUT2D eigenvalue weighted by molar-refractivity contribution is 5.69. The number of fused-ring (bicyclic) bond motifs is 1. The molecule has 0 spiro atoms. The van der Waals surface area contributed by atoms with Crippen molar-refractivity contribution in [3.05, 3.63) is 35.4 Å². The highest BCUT2D eigenvalue weighted by atomic mass is 16.6. The van der Waals surface area contributed by atoms with E-state index in [-0.39, 0.29) is 18.2 Å². The largest absolute Gasteiger partial charge is 0.444 e. The molecular weight excluding hydrogens is 254 g/mol. The zero-order valence-corrected chi connectivity index (χ0v) is 12.3. The number of amides is 1. The first-order chi connectivity index (χ1) is 9.44. The van der Waals surface area contributed by atoms with Gasteiger partial charge in [0.25, 0.3) is 0 Å². The first-order valence-corrected chi connectivity index (χ1v) is 7.12. The van der Waals surface area contributed by atoms with Crippen LogP contribution in [0.1, 0.15) is 31.9 Å². The lowest BCUT2D eigenvalue weighted by Crippen LogP contribution is -2.49. The number of nitrogens with zero attached hydrogens (tertiary/aromatic N) is 1. The van der Waals surface area contributed by atoms with E-state index in [4.69, 9.17) is 9.47 Å². The van der Waals surface area contributed by atoms with E-state index in [1.54, 1.807) is 0 Å². The molecule has 0 bridgehead atoms. The lowest BCUT2D eigenvalue weighted by Gasteiger charge is -2.37. The van der Waals surface area contributed by atoms with Crippen molar-refractivity contribution >= 4 is 6.09 Å². The zero-order valence-electron chi connectivity index (χ0n) is 12.3. The van der Waals surface area contributed by atoms with Gasteiger partial charge in [-0.15, -0.1) is 0 Å². The molecule has 20 heavy (non-hydrogen) atoms. The lowest BCUT2D eigenvalue weighted by atomic mass is 9.93. The quantitative estimate of drug-likeness (QED) is 0.740. The topological polar surface area (TPSA) is 42.1 Å². The number of hydrogen-bond donors (Lipinski definition) is 0. The molecule has 1 aromatic rings. The molecule has 0 aromatic heterocycles. The van der Waals surface area contributed by atoms with E-state index in [9.17, 15) is 4.79 Å². The van der Waals surface area contributed by atoms with Crippen LogP contribution in [0, 0.1) is 0 Å². The molecule has 0 N–H and O–H groups in total. The fraction of sp³-hybridized carbons (Fsp3) is 0.562. The molecule has 1 fully saturated rings. The number of benzene rings is 1. The summed E-state index contributed by atoms with van der Waals surface area (Å²) >= 11 is 0. The zero-order chi connectivity index (χ0) is 14.3. The highest BCUT2D eigenvalue weighted by Gasteiger charge is 2.42. The summed E-state index contributed by atoms with van der Waals surface area (Å²) in [4.78, 5) is 14.2. The van der Waals surface area contributed by atoms with E-state index < -0.39 is 5.60 Å². The molecule has 2 atom stereocenters. The minimum Gasteiger partial charge on any atom is -0.444 e. The van der Waals surface area contributed by atoms with Crippen LogP contribution in [0.15, 0.2) is 24.3 Å². The van der Waals surface area contributed by atoms with Crippen LogP contribution in [0.2, 0.25) is 0 Å². The molecule has 1 saturated heterocycles. The third kappa shape index (κ3) is 2.80. The molecule has 2 aliphatic heterocycles. The minimum atomic E-state index is -0.469. The van der Waals surface area contributed by atoms with Gasteiger partial charge in [0.05, 0.1) is 12.6 Å². The van der Waals surface area contributed by atoms with Gasteiger partial charge in [0.2, 0.25) is 0 Å². The fourth-order valence-corrected chi connectivity index (χ4v) is 2.68. The van der Waals surface area contributed by atoms with E-state index in [0.717, 1.165) is 13.0 Å². The second kappa shape index (κ2) is 4.77. The molecule has 3 rings (SSSR count). The van der Waals surface area contributed by atoms with Gasteiger partial charge in [-0.3, -0.25) is 4.90 Å². The van der Waals surface area contributed by atoms with Crippen LogP contribution in [0.5, 0.6) is 0 Å². The number of ether oxygens (including phenoxy) is 2.